The summed E-state index contributed by atoms with van der Waals surface area (Å²) < 4.78 is 5.39. The van der Waals surface area contributed by atoms with Crippen LogP contribution in [0.15, 0.2) is 72.9 Å². The molecule has 0 aliphatic heterocycles. The first kappa shape index (κ1) is 17.1. The summed E-state index contributed by atoms with van der Waals surface area (Å²) in [6.45, 7) is 1.92. The van der Waals surface area contributed by atoms with E-state index in [1.807, 2.05) is 25.1 Å². The van der Waals surface area contributed by atoms with Crippen molar-refractivity contribution in [3.63, 3.8) is 0 Å². The summed E-state index contributed by atoms with van der Waals surface area (Å²) in [6, 6.07) is 21.8. The highest BCUT2D eigenvalue weighted by atomic mass is 16.5. The molecule has 0 aliphatic rings. The van der Waals surface area contributed by atoms with Crippen LogP contribution in [0.2, 0.25) is 0 Å². The van der Waals surface area contributed by atoms with Gasteiger partial charge in [-0.05, 0) is 55.0 Å². The lowest BCUT2D eigenvalue weighted by atomic mass is 10.1. The molecule has 1 heterocycles. The molecule has 0 saturated heterocycles. The Hall–Kier alpha value is -3.71. The highest BCUT2D eigenvalue weighted by Crippen LogP contribution is 2.19. The zero-order valence-electron chi connectivity index (χ0n) is 14.2. The average molecular weight is 340 g/mol. The van der Waals surface area contributed by atoms with Gasteiger partial charge in [-0.3, -0.25) is 4.98 Å². The molecule has 0 radical (unpaired) electrons. The topological polar surface area (TPSA) is 63.0 Å². The number of allylic oxidation sites excluding steroid dienone is 1. The van der Waals surface area contributed by atoms with E-state index in [0.29, 0.717) is 22.6 Å². The summed E-state index contributed by atoms with van der Waals surface area (Å²) in [5, 5.41) is 9.34. The van der Waals surface area contributed by atoms with Crippen LogP contribution in [0.25, 0.3) is 11.6 Å². The Morgan fingerprint density at radius 3 is 2.54 bits per heavy atom. The van der Waals surface area contributed by atoms with Crippen molar-refractivity contribution in [1.82, 2.24) is 4.98 Å². The molecule has 3 rings (SSSR count). The van der Waals surface area contributed by atoms with Gasteiger partial charge in [-0.2, -0.15) is 5.26 Å². The maximum Gasteiger partial charge on any atom is 0.343 e. The molecule has 4 heteroatoms. The van der Waals surface area contributed by atoms with Crippen LogP contribution in [0, 0.1) is 18.3 Å². The van der Waals surface area contributed by atoms with Gasteiger partial charge in [-0.15, -0.1) is 0 Å². The van der Waals surface area contributed by atoms with E-state index < -0.39 is 5.97 Å². The standard InChI is InChI=1S/C22H16N2O2/c1-16-5-4-6-18(13-16)22(25)26-20-10-8-17(9-11-20)14-19(15-23)21-7-2-3-12-24-21/h2-14H,1H3. The Morgan fingerprint density at radius 1 is 1.08 bits per heavy atom. The second-order valence-corrected chi connectivity index (χ2v) is 5.71. The molecule has 0 N–H and O–H groups in total. The molecule has 0 spiro atoms. The van der Waals surface area contributed by atoms with Crippen LogP contribution in [0.4, 0.5) is 0 Å². The average Bonchev–Trinajstić information content (AvgIpc) is 2.68. The van der Waals surface area contributed by atoms with Crippen molar-refractivity contribution >= 4 is 17.6 Å². The van der Waals surface area contributed by atoms with Crippen LogP contribution in [-0.2, 0) is 0 Å². The molecule has 2 aromatic carbocycles. The van der Waals surface area contributed by atoms with Gasteiger partial charge in [0.05, 0.1) is 16.8 Å². The van der Waals surface area contributed by atoms with Crippen LogP contribution >= 0.6 is 0 Å². The monoisotopic (exact) mass is 340 g/mol. The smallest absolute Gasteiger partial charge is 0.343 e. The van der Waals surface area contributed by atoms with E-state index in [0.717, 1.165) is 11.1 Å². The first-order chi connectivity index (χ1) is 12.7. The normalized spacial score (nSPS) is 10.8. The number of aryl methyl sites for hydroxylation is 1. The van der Waals surface area contributed by atoms with Crippen LogP contribution in [0.5, 0.6) is 5.75 Å². The first-order valence-electron chi connectivity index (χ1n) is 8.08. The number of nitrogens with zero attached hydrogens (tertiary/aromatic N) is 2. The zero-order chi connectivity index (χ0) is 18.4. The van der Waals surface area contributed by atoms with Crippen molar-refractivity contribution in [2.45, 2.75) is 6.92 Å². The SMILES string of the molecule is Cc1cccc(C(=O)Oc2ccc(C=C(C#N)c3ccccn3)cc2)c1. The number of nitriles is 1. The zero-order valence-corrected chi connectivity index (χ0v) is 14.2. The molecule has 126 valence electrons. The third-order valence-electron chi connectivity index (χ3n) is 3.72. The van der Waals surface area contributed by atoms with Crippen LogP contribution < -0.4 is 4.74 Å². The summed E-state index contributed by atoms with van der Waals surface area (Å²) >= 11 is 0. The molecule has 1 aromatic heterocycles. The second-order valence-electron chi connectivity index (χ2n) is 5.71. The summed E-state index contributed by atoms with van der Waals surface area (Å²) in [6.07, 6.45) is 3.39. The fourth-order valence-electron chi connectivity index (χ4n) is 2.42. The predicted molar refractivity (Wildman–Crippen MR) is 100 cm³/mol. The van der Waals surface area contributed by atoms with Crippen molar-refractivity contribution in [2.75, 3.05) is 0 Å². The molecular weight excluding hydrogens is 324 g/mol. The van der Waals surface area contributed by atoms with Crippen LogP contribution in [-0.4, -0.2) is 11.0 Å². The molecule has 26 heavy (non-hydrogen) atoms. The number of carbonyl (C=O) groups is 1. The fourth-order valence-corrected chi connectivity index (χ4v) is 2.42. The number of hydrogen-bond donors (Lipinski definition) is 0. The van der Waals surface area contributed by atoms with Crippen molar-refractivity contribution in [3.8, 4) is 11.8 Å². The number of esters is 1. The Bertz CT molecular complexity index is 985. The third kappa shape index (κ3) is 4.22. The molecule has 0 saturated carbocycles. The van der Waals surface area contributed by atoms with Crippen LogP contribution in [0.1, 0.15) is 27.2 Å². The molecule has 0 bridgehead atoms. The second kappa shape index (κ2) is 7.91. The predicted octanol–water partition coefficient (Wildman–Crippen LogP) is 4.67. The van der Waals surface area contributed by atoms with Gasteiger partial charge in [-0.1, -0.05) is 35.9 Å². The summed E-state index contributed by atoms with van der Waals surface area (Å²) in [5.74, 6) is 0.0493. The Balaban J connectivity index is 1.75. The van der Waals surface area contributed by atoms with E-state index in [-0.39, 0.29) is 0 Å². The van der Waals surface area contributed by atoms with Crippen molar-refractivity contribution in [2.24, 2.45) is 0 Å². The Morgan fingerprint density at radius 2 is 1.88 bits per heavy atom. The molecule has 0 aliphatic carbocycles. The van der Waals surface area contributed by atoms with Gasteiger partial charge in [-0.25, -0.2) is 4.79 Å². The number of pyridine rings is 1. The van der Waals surface area contributed by atoms with Crippen molar-refractivity contribution < 1.29 is 9.53 Å². The van der Waals surface area contributed by atoms with Gasteiger partial charge in [0.2, 0.25) is 0 Å². The van der Waals surface area contributed by atoms with Gasteiger partial charge in [0.25, 0.3) is 0 Å². The maximum atomic E-state index is 12.2. The van der Waals surface area contributed by atoms with Crippen molar-refractivity contribution in [3.05, 3.63) is 95.3 Å². The lowest BCUT2D eigenvalue weighted by molar-refractivity contribution is 0.0734. The fraction of sp³-hybridized carbons (Fsp3) is 0.0455. The number of carbonyl (C=O) groups excluding carboxylic acids is 1. The van der Waals surface area contributed by atoms with E-state index >= 15 is 0 Å². The molecule has 3 aromatic rings. The van der Waals surface area contributed by atoms with E-state index in [1.165, 1.54) is 0 Å². The third-order valence-corrected chi connectivity index (χ3v) is 3.72. The quantitative estimate of drug-likeness (QED) is 0.393. The Labute approximate surface area is 152 Å². The van der Waals surface area contributed by atoms with E-state index in [4.69, 9.17) is 4.74 Å². The number of aromatic nitrogens is 1. The highest BCUT2D eigenvalue weighted by molar-refractivity contribution is 5.91. The minimum Gasteiger partial charge on any atom is -0.423 e. The first-order valence-corrected chi connectivity index (χ1v) is 8.08. The van der Waals surface area contributed by atoms with E-state index in [2.05, 4.69) is 11.1 Å². The molecule has 4 nitrogen and oxygen atoms in total. The summed E-state index contributed by atoms with van der Waals surface area (Å²) in [4.78, 5) is 16.4. The minimum absolute atomic E-state index is 0.400. The van der Waals surface area contributed by atoms with Gasteiger partial charge in [0.1, 0.15) is 11.8 Å². The number of rotatable bonds is 4. The molecule has 0 amide bonds. The summed E-state index contributed by atoms with van der Waals surface area (Å²) in [5.41, 5.74) is 3.41. The van der Waals surface area contributed by atoms with Crippen LogP contribution in [0.3, 0.4) is 0 Å². The number of benzene rings is 2. The van der Waals surface area contributed by atoms with Crippen molar-refractivity contribution in [1.29, 1.82) is 5.26 Å². The van der Waals surface area contributed by atoms with Gasteiger partial charge in [0, 0.05) is 6.20 Å². The summed E-state index contributed by atoms with van der Waals surface area (Å²) in [7, 11) is 0. The van der Waals surface area contributed by atoms with Gasteiger partial charge in [0.15, 0.2) is 0 Å². The lowest BCUT2D eigenvalue weighted by Gasteiger charge is -2.05. The minimum atomic E-state index is -0.400. The number of hydrogen-bond acceptors (Lipinski definition) is 4. The van der Waals surface area contributed by atoms with E-state index in [9.17, 15) is 10.1 Å². The molecular formula is C22H16N2O2. The van der Waals surface area contributed by atoms with E-state index in [1.54, 1.807) is 60.8 Å². The molecule has 0 fully saturated rings. The molecule has 0 unspecified atom stereocenters. The Kier molecular flexibility index (Phi) is 5.21. The van der Waals surface area contributed by atoms with Gasteiger partial charge < -0.3 is 4.74 Å². The van der Waals surface area contributed by atoms with Gasteiger partial charge >= 0.3 is 5.97 Å². The lowest BCUT2D eigenvalue weighted by Crippen LogP contribution is -2.08. The largest absolute Gasteiger partial charge is 0.423 e. The maximum absolute atomic E-state index is 12.2. The highest BCUT2D eigenvalue weighted by Gasteiger charge is 2.08. The number of ether oxygens (including phenoxy) is 1. The molecule has 0 atom stereocenters.